The van der Waals surface area contributed by atoms with Crippen LogP contribution in [-0.2, 0) is 10.5 Å². The molecule has 0 bridgehead atoms. The summed E-state index contributed by atoms with van der Waals surface area (Å²) < 4.78 is 5.50. The summed E-state index contributed by atoms with van der Waals surface area (Å²) in [4.78, 5) is 11.8. The van der Waals surface area contributed by atoms with Crippen LogP contribution in [0.2, 0.25) is 15.1 Å². The Labute approximate surface area is 160 Å². The number of hydrogen-bond donors (Lipinski definition) is 1. The van der Waals surface area contributed by atoms with Crippen molar-refractivity contribution in [2.24, 2.45) is 0 Å². The highest BCUT2D eigenvalue weighted by atomic mass is 35.5. The molecule has 128 valence electrons. The van der Waals surface area contributed by atoms with Crippen LogP contribution in [0.1, 0.15) is 5.56 Å². The fourth-order valence-corrected chi connectivity index (χ4v) is 3.58. The van der Waals surface area contributed by atoms with E-state index in [4.69, 9.17) is 39.5 Å². The van der Waals surface area contributed by atoms with Crippen LogP contribution in [0.15, 0.2) is 42.5 Å². The minimum absolute atomic E-state index is 0.0529. The minimum atomic E-state index is -0.0529. The standard InChI is InChI=1S/C17H16Cl3NO2S/c18-12-4-6-13(7-5-12)23-9-8-21-17(22)11-24-10-14-15(19)2-1-3-16(14)20/h1-7H,8-11H2,(H,21,22). The molecule has 0 saturated heterocycles. The van der Waals surface area contributed by atoms with Crippen molar-refractivity contribution in [3.05, 3.63) is 63.1 Å². The molecule has 24 heavy (non-hydrogen) atoms. The van der Waals surface area contributed by atoms with E-state index in [1.54, 1.807) is 42.5 Å². The first-order valence-corrected chi connectivity index (χ1v) is 9.51. The Morgan fingerprint density at radius 1 is 1.04 bits per heavy atom. The van der Waals surface area contributed by atoms with Crippen molar-refractivity contribution < 1.29 is 9.53 Å². The van der Waals surface area contributed by atoms with Gasteiger partial charge in [0.1, 0.15) is 12.4 Å². The molecule has 1 N–H and O–H groups in total. The lowest BCUT2D eigenvalue weighted by atomic mass is 10.2. The van der Waals surface area contributed by atoms with Crippen molar-refractivity contribution in [3.8, 4) is 5.75 Å². The van der Waals surface area contributed by atoms with E-state index in [0.29, 0.717) is 39.7 Å². The van der Waals surface area contributed by atoms with Gasteiger partial charge in [0.2, 0.25) is 5.91 Å². The van der Waals surface area contributed by atoms with Gasteiger partial charge in [-0.3, -0.25) is 4.79 Å². The normalized spacial score (nSPS) is 10.5. The minimum Gasteiger partial charge on any atom is -0.492 e. The summed E-state index contributed by atoms with van der Waals surface area (Å²) in [5, 5.41) is 4.70. The van der Waals surface area contributed by atoms with Crippen LogP contribution in [-0.4, -0.2) is 24.8 Å². The van der Waals surface area contributed by atoms with Gasteiger partial charge in [0.25, 0.3) is 0 Å². The molecule has 2 rings (SSSR count). The lowest BCUT2D eigenvalue weighted by molar-refractivity contribution is -0.118. The highest BCUT2D eigenvalue weighted by Crippen LogP contribution is 2.28. The molecular formula is C17H16Cl3NO2S. The molecule has 3 nitrogen and oxygen atoms in total. The molecular weight excluding hydrogens is 389 g/mol. The quantitative estimate of drug-likeness (QED) is 0.624. The predicted octanol–water partition coefficient (Wildman–Crippen LogP) is 5.08. The zero-order chi connectivity index (χ0) is 17.4. The summed E-state index contributed by atoms with van der Waals surface area (Å²) in [5.74, 6) is 1.59. The molecule has 0 fully saturated rings. The molecule has 0 aliphatic carbocycles. The zero-order valence-electron chi connectivity index (χ0n) is 12.7. The number of hydrogen-bond acceptors (Lipinski definition) is 3. The fraction of sp³-hybridized carbons (Fsp3) is 0.235. The van der Waals surface area contributed by atoms with E-state index in [2.05, 4.69) is 5.32 Å². The number of carbonyl (C=O) groups is 1. The maximum absolute atomic E-state index is 11.8. The Morgan fingerprint density at radius 2 is 1.71 bits per heavy atom. The summed E-state index contributed by atoms with van der Waals surface area (Å²) >= 11 is 19.4. The van der Waals surface area contributed by atoms with E-state index in [9.17, 15) is 4.79 Å². The first-order chi connectivity index (χ1) is 11.6. The second-order valence-corrected chi connectivity index (χ2v) is 7.08. The van der Waals surface area contributed by atoms with Gasteiger partial charge in [-0.05, 0) is 42.0 Å². The molecule has 1 amide bonds. The van der Waals surface area contributed by atoms with Gasteiger partial charge < -0.3 is 10.1 Å². The average Bonchev–Trinajstić information content (AvgIpc) is 2.56. The highest BCUT2D eigenvalue weighted by molar-refractivity contribution is 7.99. The van der Waals surface area contributed by atoms with Gasteiger partial charge in [-0.25, -0.2) is 0 Å². The Morgan fingerprint density at radius 3 is 2.38 bits per heavy atom. The van der Waals surface area contributed by atoms with Crippen LogP contribution in [0.25, 0.3) is 0 Å². The zero-order valence-corrected chi connectivity index (χ0v) is 15.8. The first kappa shape index (κ1) is 19.3. The molecule has 0 unspecified atom stereocenters. The molecule has 7 heteroatoms. The van der Waals surface area contributed by atoms with Crippen molar-refractivity contribution >= 4 is 52.5 Å². The molecule has 0 spiro atoms. The van der Waals surface area contributed by atoms with Gasteiger partial charge in [0.15, 0.2) is 0 Å². The van der Waals surface area contributed by atoms with Crippen LogP contribution in [0.3, 0.4) is 0 Å². The predicted molar refractivity (Wildman–Crippen MR) is 103 cm³/mol. The van der Waals surface area contributed by atoms with E-state index in [0.717, 1.165) is 11.3 Å². The van der Waals surface area contributed by atoms with E-state index >= 15 is 0 Å². The van der Waals surface area contributed by atoms with Crippen LogP contribution in [0.4, 0.5) is 0 Å². The maximum Gasteiger partial charge on any atom is 0.230 e. The van der Waals surface area contributed by atoms with E-state index in [-0.39, 0.29) is 5.91 Å². The van der Waals surface area contributed by atoms with Gasteiger partial charge in [-0.15, -0.1) is 11.8 Å². The smallest absolute Gasteiger partial charge is 0.230 e. The van der Waals surface area contributed by atoms with Gasteiger partial charge in [-0.1, -0.05) is 40.9 Å². The lowest BCUT2D eigenvalue weighted by Gasteiger charge is -2.09. The molecule has 0 saturated carbocycles. The Bertz CT molecular complexity index is 660. The summed E-state index contributed by atoms with van der Waals surface area (Å²) in [6.45, 7) is 0.837. The van der Waals surface area contributed by atoms with Crippen molar-refractivity contribution in [2.75, 3.05) is 18.9 Å². The number of amides is 1. The summed E-state index contributed by atoms with van der Waals surface area (Å²) in [6, 6.07) is 12.5. The molecule has 0 atom stereocenters. The number of carbonyl (C=O) groups excluding carboxylic acids is 1. The monoisotopic (exact) mass is 403 g/mol. The van der Waals surface area contributed by atoms with Gasteiger partial charge in [-0.2, -0.15) is 0 Å². The van der Waals surface area contributed by atoms with Crippen LogP contribution >= 0.6 is 46.6 Å². The Balaban J connectivity index is 1.62. The van der Waals surface area contributed by atoms with Crippen molar-refractivity contribution in [1.29, 1.82) is 0 Å². The van der Waals surface area contributed by atoms with Crippen LogP contribution in [0, 0.1) is 0 Å². The van der Waals surface area contributed by atoms with Crippen molar-refractivity contribution in [1.82, 2.24) is 5.32 Å². The number of nitrogens with one attached hydrogen (secondary N) is 1. The Kier molecular flexibility index (Phi) is 8.06. The summed E-state index contributed by atoms with van der Waals surface area (Å²) in [6.07, 6.45) is 0. The number of thioether (sulfide) groups is 1. The van der Waals surface area contributed by atoms with Gasteiger partial charge >= 0.3 is 0 Å². The molecule has 0 aromatic heterocycles. The molecule has 0 aliphatic heterocycles. The third kappa shape index (κ3) is 6.44. The third-order valence-corrected chi connectivity index (χ3v) is 4.97. The number of ether oxygens (including phenoxy) is 1. The van der Waals surface area contributed by atoms with Crippen molar-refractivity contribution in [3.63, 3.8) is 0 Å². The van der Waals surface area contributed by atoms with Crippen molar-refractivity contribution in [2.45, 2.75) is 5.75 Å². The largest absolute Gasteiger partial charge is 0.492 e. The summed E-state index contributed by atoms with van der Waals surface area (Å²) in [7, 11) is 0. The second kappa shape index (κ2) is 10.0. The third-order valence-electron chi connectivity index (χ3n) is 3.05. The molecule has 2 aromatic rings. The van der Waals surface area contributed by atoms with E-state index in [1.165, 1.54) is 11.8 Å². The molecule has 2 aromatic carbocycles. The van der Waals surface area contributed by atoms with Gasteiger partial charge in [0.05, 0.1) is 12.3 Å². The number of halogens is 3. The molecule has 0 heterocycles. The van der Waals surface area contributed by atoms with Crippen LogP contribution < -0.4 is 10.1 Å². The Hall–Kier alpha value is -1.07. The summed E-state index contributed by atoms with van der Waals surface area (Å²) in [5.41, 5.74) is 0.852. The first-order valence-electron chi connectivity index (χ1n) is 7.22. The molecule has 0 aliphatic rings. The van der Waals surface area contributed by atoms with E-state index in [1.807, 2.05) is 0 Å². The van der Waals surface area contributed by atoms with Crippen LogP contribution in [0.5, 0.6) is 5.75 Å². The fourth-order valence-electron chi connectivity index (χ4n) is 1.86. The molecule has 0 radical (unpaired) electrons. The van der Waals surface area contributed by atoms with Gasteiger partial charge in [0, 0.05) is 20.8 Å². The van der Waals surface area contributed by atoms with E-state index < -0.39 is 0 Å². The number of rotatable bonds is 8. The maximum atomic E-state index is 11.8. The second-order valence-electron chi connectivity index (χ2n) is 4.85. The number of benzene rings is 2. The lowest BCUT2D eigenvalue weighted by Crippen LogP contribution is -2.29. The highest BCUT2D eigenvalue weighted by Gasteiger charge is 2.07. The SMILES string of the molecule is O=C(CSCc1c(Cl)cccc1Cl)NCCOc1ccc(Cl)cc1. The average molecular weight is 405 g/mol. The topological polar surface area (TPSA) is 38.3 Å².